The lowest BCUT2D eigenvalue weighted by Gasteiger charge is -2.04. The number of fused-ring (bicyclic) bond motifs is 1. The standard InChI is InChI=1S/C12H11N7O/c1-19-6-7-8(3-2-4-9(7)18-19)15-12-14-5-10(11(13)20)16-17-12/h2-6H,1H3,(H2,13,20)(H,14,15,17). The highest BCUT2D eigenvalue weighted by atomic mass is 16.1. The largest absolute Gasteiger partial charge is 0.364 e. The molecule has 0 saturated carbocycles. The molecule has 0 unspecified atom stereocenters. The molecule has 0 fully saturated rings. The lowest BCUT2D eigenvalue weighted by molar-refractivity contribution is 0.0994. The van der Waals surface area contributed by atoms with Gasteiger partial charge in [0.1, 0.15) is 0 Å². The van der Waals surface area contributed by atoms with E-state index in [0.717, 1.165) is 16.6 Å². The van der Waals surface area contributed by atoms with Gasteiger partial charge in [-0.15, -0.1) is 10.2 Å². The predicted octanol–water partition coefficient (Wildman–Crippen LogP) is 0.601. The van der Waals surface area contributed by atoms with E-state index in [0.29, 0.717) is 0 Å². The monoisotopic (exact) mass is 269 g/mol. The molecule has 0 radical (unpaired) electrons. The number of aromatic nitrogens is 5. The first-order chi connectivity index (χ1) is 9.63. The lowest BCUT2D eigenvalue weighted by Crippen LogP contribution is -2.14. The third-order valence-electron chi connectivity index (χ3n) is 2.73. The molecular weight excluding hydrogens is 258 g/mol. The Morgan fingerprint density at radius 3 is 2.90 bits per heavy atom. The Bertz CT molecular complexity index is 778. The summed E-state index contributed by atoms with van der Waals surface area (Å²) in [5, 5.41) is 15.8. The van der Waals surface area contributed by atoms with Crippen LogP contribution in [0.15, 0.2) is 30.6 Å². The van der Waals surface area contributed by atoms with E-state index in [1.807, 2.05) is 31.4 Å². The smallest absolute Gasteiger partial charge is 0.270 e. The fourth-order valence-electron chi connectivity index (χ4n) is 1.84. The van der Waals surface area contributed by atoms with Gasteiger partial charge in [-0.05, 0) is 12.1 Å². The van der Waals surface area contributed by atoms with Crippen molar-refractivity contribution in [3.05, 3.63) is 36.3 Å². The summed E-state index contributed by atoms with van der Waals surface area (Å²) >= 11 is 0. The summed E-state index contributed by atoms with van der Waals surface area (Å²) in [6.45, 7) is 0. The maximum Gasteiger partial charge on any atom is 0.270 e. The zero-order valence-corrected chi connectivity index (χ0v) is 10.6. The summed E-state index contributed by atoms with van der Waals surface area (Å²) in [5.41, 5.74) is 6.77. The number of hydrogen-bond donors (Lipinski definition) is 2. The van der Waals surface area contributed by atoms with Crippen LogP contribution in [0.4, 0.5) is 11.6 Å². The van der Waals surface area contributed by atoms with Gasteiger partial charge in [0.05, 0.1) is 17.4 Å². The molecule has 0 bridgehead atoms. The highest BCUT2D eigenvalue weighted by molar-refractivity contribution is 5.92. The Labute approximate surface area is 113 Å². The second kappa shape index (κ2) is 4.57. The minimum atomic E-state index is -0.661. The van der Waals surface area contributed by atoms with Gasteiger partial charge in [0.25, 0.3) is 5.91 Å². The predicted molar refractivity (Wildman–Crippen MR) is 72.3 cm³/mol. The van der Waals surface area contributed by atoms with Gasteiger partial charge in [-0.25, -0.2) is 4.98 Å². The second-order valence-electron chi connectivity index (χ2n) is 4.20. The minimum absolute atomic E-state index is 0.0233. The van der Waals surface area contributed by atoms with Crippen LogP contribution in [-0.4, -0.2) is 30.9 Å². The van der Waals surface area contributed by atoms with Crippen molar-refractivity contribution in [2.45, 2.75) is 0 Å². The van der Waals surface area contributed by atoms with Crippen molar-refractivity contribution in [2.24, 2.45) is 12.8 Å². The van der Waals surface area contributed by atoms with Gasteiger partial charge in [-0.2, -0.15) is 5.10 Å². The number of hydrogen-bond acceptors (Lipinski definition) is 6. The summed E-state index contributed by atoms with van der Waals surface area (Å²) in [5.74, 6) is -0.378. The van der Waals surface area contributed by atoms with Crippen LogP contribution in [0.3, 0.4) is 0 Å². The van der Waals surface area contributed by atoms with Crippen molar-refractivity contribution < 1.29 is 4.79 Å². The van der Waals surface area contributed by atoms with E-state index in [2.05, 4.69) is 25.6 Å². The zero-order valence-electron chi connectivity index (χ0n) is 10.6. The molecule has 0 saturated heterocycles. The van der Waals surface area contributed by atoms with Crippen LogP contribution in [0.5, 0.6) is 0 Å². The molecular formula is C12H11N7O. The van der Waals surface area contributed by atoms with Gasteiger partial charge in [0.2, 0.25) is 5.95 Å². The number of amides is 1. The van der Waals surface area contributed by atoms with Crippen molar-refractivity contribution in [3.63, 3.8) is 0 Å². The van der Waals surface area contributed by atoms with E-state index < -0.39 is 5.91 Å². The molecule has 1 amide bonds. The number of carbonyl (C=O) groups is 1. The molecule has 20 heavy (non-hydrogen) atoms. The molecule has 2 heterocycles. The van der Waals surface area contributed by atoms with E-state index in [1.54, 1.807) is 4.68 Å². The number of nitrogens with zero attached hydrogens (tertiary/aromatic N) is 5. The SMILES string of the molecule is Cn1cc2c(Nc3ncc(C(N)=O)nn3)cccc2n1. The number of nitrogens with two attached hydrogens (primary N) is 1. The number of nitrogens with one attached hydrogen (secondary N) is 1. The molecule has 8 heteroatoms. The van der Waals surface area contributed by atoms with Gasteiger partial charge in [-0.3, -0.25) is 9.48 Å². The molecule has 0 aliphatic rings. The Hall–Kier alpha value is -3.03. The molecule has 0 spiro atoms. The molecule has 0 aliphatic heterocycles. The molecule has 1 aromatic carbocycles. The van der Waals surface area contributed by atoms with Crippen LogP contribution >= 0.6 is 0 Å². The lowest BCUT2D eigenvalue weighted by atomic mass is 10.2. The second-order valence-corrected chi connectivity index (χ2v) is 4.20. The van der Waals surface area contributed by atoms with Crippen molar-refractivity contribution in [1.82, 2.24) is 25.0 Å². The summed E-state index contributed by atoms with van der Waals surface area (Å²) in [7, 11) is 1.85. The molecule has 3 N–H and O–H groups in total. The van der Waals surface area contributed by atoms with Gasteiger partial charge in [0, 0.05) is 18.6 Å². The Kier molecular flexibility index (Phi) is 2.75. The van der Waals surface area contributed by atoms with E-state index in [-0.39, 0.29) is 11.6 Å². The first-order valence-corrected chi connectivity index (χ1v) is 5.82. The van der Waals surface area contributed by atoms with Gasteiger partial charge in [0.15, 0.2) is 5.69 Å². The fraction of sp³-hybridized carbons (Fsp3) is 0.0833. The first kappa shape index (κ1) is 12.0. The van der Waals surface area contributed by atoms with Crippen molar-refractivity contribution in [3.8, 4) is 0 Å². The number of primary amides is 1. The number of carbonyl (C=O) groups excluding carboxylic acids is 1. The van der Waals surface area contributed by atoms with Crippen molar-refractivity contribution in [1.29, 1.82) is 0 Å². The molecule has 100 valence electrons. The van der Waals surface area contributed by atoms with Crippen LogP contribution in [0, 0.1) is 0 Å². The number of rotatable bonds is 3. The molecule has 0 atom stereocenters. The maximum atomic E-state index is 10.9. The van der Waals surface area contributed by atoms with Gasteiger partial charge < -0.3 is 11.1 Å². The molecule has 3 aromatic rings. The number of anilines is 2. The van der Waals surface area contributed by atoms with Crippen LogP contribution in [0.25, 0.3) is 10.9 Å². The number of benzene rings is 1. The van der Waals surface area contributed by atoms with E-state index >= 15 is 0 Å². The van der Waals surface area contributed by atoms with Crippen LogP contribution < -0.4 is 11.1 Å². The average molecular weight is 269 g/mol. The van der Waals surface area contributed by atoms with E-state index in [1.165, 1.54) is 6.20 Å². The first-order valence-electron chi connectivity index (χ1n) is 5.82. The minimum Gasteiger partial charge on any atom is -0.364 e. The van der Waals surface area contributed by atoms with Gasteiger partial charge >= 0.3 is 0 Å². The topological polar surface area (TPSA) is 112 Å². The Morgan fingerprint density at radius 1 is 1.35 bits per heavy atom. The zero-order chi connectivity index (χ0) is 14.1. The Morgan fingerprint density at radius 2 is 2.20 bits per heavy atom. The van der Waals surface area contributed by atoms with E-state index in [4.69, 9.17) is 5.73 Å². The molecule has 0 aliphatic carbocycles. The Balaban J connectivity index is 1.94. The quantitative estimate of drug-likeness (QED) is 0.720. The summed E-state index contributed by atoms with van der Waals surface area (Å²) in [6, 6.07) is 5.67. The van der Waals surface area contributed by atoms with Crippen LogP contribution in [0.1, 0.15) is 10.5 Å². The third kappa shape index (κ3) is 2.14. The third-order valence-corrected chi connectivity index (χ3v) is 2.73. The fourth-order valence-corrected chi connectivity index (χ4v) is 1.84. The molecule has 8 nitrogen and oxygen atoms in total. The summed E-state index contributed by atoms with van der Waals surface area (Å²) in [4.78, 5) is 14.9. The maximum absolute atomic E-state index is 10.9. The van der Waals surface area contributed by atoms with Gasteiger partial charge in [-0.1, -0.05) is 6.07 Å². The van der Waals surface area contributed by atoms with Crippen LogP contribution in [0.2, 0.25) is 0 Å². The van der Waals surface area contributed by atoms with Crippen molar-refractivity contribution in [2.75, 3.05) is 5.32 Å². The highest BCUT2D eigenvalue weighted by Gasteiger charge is 2.08. The molecule has 2 aromatic heterocycles. The van der Waals surface area contributed by atoms with E-state index in [9.17, 15) is 4.79 Å². The normalized spacial score (nSPS) is 10.7. The molecule has 3 rings (SSSR count). The summed E-state index contributed by atoms with van der Waals surface area (Å²) < 4.78 is 1.73. The number of aryl methyl sites for hydroxylation is 1. The highest BCUT2D eigenvalue weighted by Crippen LogP contribution is 2.23. The average Bonchev–Trinajstić information content (AvgIpc) is 2.81. The van der Waals surface area contributed by atoms with Crippen LogP contribution in [-0.2, 0) is 7.05 Å². The summed E-state index contributed by atoms with van der Waals surface area (Å²) in [6.07, 6.45) is 3.17. The van der Waals surface area contributed by atoms with Crippen molar-refractivity contribution >= 4 is 28.4 Å².